The van der Waals surface area contributed by atoms with E-state index in [4.69, 9.17) is 0 Å². The Balaban J connectivity index is 1.94. The number of nitrogens with zero attached hydrogens (tertiary/aromatic N) is 6. The van der Waals surface area contributed by atoms with Gasteiger partial charge in [-0.2, -0.15) is 4.98 Å². The van der Waals surface area contributed by atoms with Crippen LogP contribution in [0.4, 0.5) is 11.8 Å². The van der Waals surface area contributed by atoms with E-state index in [1.54, 1.807) is 17.3 Å². The molecule has 0 unspecified atom stereocenters. The smallest absolute Gasteiger partial charge is 0.290 e. The van der Waals surface area contributed by atoms with Gasteiger partial charge in [0.1, 0.15) is 5.82 Å². The third-order valence-electron chi connectivity index (χ3n) is 3.84. The molecule has 0 bridgehead atoms. The van der Waals surface area contributed by atoms with E-state index in [9.17, 15) is 4.79 Å². The Morgan fingerprint density at radius 3 is 2.61 bits per heavy atom. The number of amides is 1. The van der Waals surface area contributed by atoms with Crippen molar-refractivity contribution < 1.29 is 4.79 Å². The van der Waals surface area contributed by atoms with Crippen LogP contribution in [0.15, 0.2) is 12.4 Å². The molecule has 0 radical (unpaired) electrons. The van der Waals surface area contributed by atoms with Crippen molar-refractivity contribution in [3.63, 3.8) is 0 Å². The number of imidazole rings is 1. The maximum Gasteiger partial charge on any atom is 0.290 e. The fourth-order valence-corrected chi connectivity index (χ4v) is 2.67. The molecule has 0 spiro atoms. The van der Waals surface area contributed by atoms with Crippen LogP contribution >= 0.6 is 0 Å². The van der Waals surface area contributed by atoms with Crippen molar-refractivity contribution in [2.24, 2.45) is 0 Å². The number of carbonyl (C=O) groups excluding carboxylic acids is 1. The summed E-state index contributed by atoms with van der Waals surface area (Å²) < 4.78 is 0. The van der Waals surface area contributed by atoms with Crippen LogP contribution in [0.25, 0.3) is 0 Å². The Kier molecular flexibility index (Phi) is 3.89. The molecule has 8 nitrogen and oxygen atoms in total. The zero-order valence-electron chi connectivity index (χ0n) is 13.9. The summed E-state index contributed by atoms with van der Waals surface area (Å²) in [6, 6.07) is 0. The zero-order chi connectivity index (χ0) is 16.6. The highest BCUT2D eigenvalue weighted by Crippen LogP contribution is 2.27. The maximum absolute atomic E-state index is 12.5. The van der Waals surface area contributed by atoms with E-state index in [1.807, 2.05) is 38.0 Å². The molecule has 23 heavy (non-hydrogen) atoms. The third-order valence-corrected chi connectivity index (χ3v) is 3.84. The van der Waals surface area contributed by atoms with Crippen molar-refractivity contribution in [3.05, 3.63) is 29.5 Å². The first kappa shape index (κ1) is 15.3. The summed E-state index contributed by atoms with van der Waals surface area (Å²) >= 11 is 0. The molecule has 2 aromatic rings. The van der Waals surface area contributed by atoms with Gasteiger partial charge in [-0.3, -0.25) is 4.79 Å². The van der Waals surface area contributed by atoms with Gasteiger partial charge in [-0.1, -0.05) is 0 Å². The van der Waals surface area contributed by atoms with Gasteiger partial charge in [0.05, 0.1) is 12.2 Å². The van der Waals surface area contributed by atoms with Crippen molar-refractivity contribution >= 4 is 17.7 Å². The molecule has 0 saturated carbocycles. The molecule has 0 fully saturated rings. The van der Waals surface area contributed by atoms with Gasteiger partial charge in [-0.05, 0) is 6.42 Å². The predicted octanol–water partition coefficient (Wildman–Crippen LogP) is 0.530. The van der Waals surface area contributed by atoms with Crippen molar-refractivity contribution in [2.45, 2.75) is 13.0 Å². The number of anilines is 2. The molecule has 1 N–H and O–H groups in total. The second-order valence-corrected chi connectivity index (χ2v) is 5.98. The average Bonchev–Trinajstić information content (AvgIpc) is 3.06. The normalized spacial score (nSPS) is 13.7. The molecule has 1 amide bonds. The highest BCUT2D eigenvalue weighted by Gasteiger charge is 2.27. The number of hydrogen-bond acceptors (Lipinski definition) is 6. The molecule has 8 heteroatoms. The van der Waals surface area contributed by atoms with Crippen LogP contribution in [-0.2, 0) is 13.0 Å². The number of fused-ring (bicyclic) bond motifs is 1. The summed E-state index contributed by atoms with van der Waals surface area (Å²) in [6.07, 6.45) is 3.98. The topological polar surface area (TPSA) is 81.2 Å². The van der Waals surface area contributed by atoms with Crippen molar-refractivity contribution in [2.75, 3.05) is 44.5 Å². The molecule has 3 rings (SSSR count). The number of aromatic nitrogens is 4. The molecular weight excluding hydrogens is 294 g/mol. The Morgan fingerprint density at radius 1 is 1.22 bits per heavy atom. The third kappa shape index (κ3) is 2.84. The highest BCUT2D eigenvalue weighted by molar-refractivity contribution is 5.90. The summed E-state index contributed by atoms with van der Waals surface area (Å²) in [5, 5.41) is 0. The molecule has 1 aliphatic heterocycles. The minimum atomic E-state index is -0.0999. The fourth-order valence-electron chi connectivity index (χ4n) is 2.67. The molecule has 0 aromatic carbocycles. The van der Waals surface area contributed by atoms with Crippen molar-refractivity contribution in [1.82, 2.24) is 24.8 Å². The predicted molar refractivity (Wildman–Crippen MR) is 87.7 cm³/mol. The van der Waals surface area contributed by atoms with Gasteiger partial charge in [0, 0.05) is 52.7 Å². The zero-order valence-corrected chi connectivity index (χ0v) is 13.9. The lowest BCUT2D eigenvalue weighted by molar-refractivity contribution is 0.0720. The molecule has 0 atom stereocenters. The van der Waals surface area contributed by atoms with Crippen LogP contribution in [0.3, 0.4) is 0 Å². The van der Waals surface area contributed by atoms with E-state index in [1.165, 1.54) is 0 Å². The standard InChI is InChI=1S/C15H21N7O/c1-20(2)13-10-5-8-22(14(23)12-16-6-7-17-12)9-11(10)18-15(19-13)21(3)4/h6-7H,5,8-9H2,1-4H3,(H,16,17). The summed E-state index contributed by atoms with van der Waals surface area (Å²) in [6.45, 7) is 1.11. The van der Waals surface area contributed by atoms with Gasteiger partial charge >= 0.3 is 0 Å². The van der Waals surface area contributed by atoms with Gasteiger partial charge in [0.2, 0.25) is 5.95 Å². The van der Waals surface area contributed by atoms with E-state index in [0.29, 0.717) is 24.9 Å². The van der Waals surface area contributed by atoms with Crippen LogP contribution in [0.5, 0.6) is 0 Å². The molecule has 2 aromatic heterocycles. The first-order valence-corrected chi connectivity index (χ1v) is 7.50. The lowest BCUT2D eigenvalue weighted by atomic mass is 10.0. The van der Waals surface area contributed by atoms with Gasteiger partial charge in [0.15, 0.2) is 5.82 Å². The van der Waals surface area contributed by atoms with Crippen LogP contribution in [-0.4, -0.2) is 65.5 Å². The molecular formula is C15H21N7O. The molecule has 1 aliphatic rings. The minimum Gasteiger partial charge on any atom is -0.362 e. The average molecular weight is 315 g/mol. The largest absolute Gasteiger partial charge is 0.362 e. The summed E-state index contributed by atoms with van der Waals surface area (Å²) in [5.74, 6) is 1.84. The summed E-state index contributed by atoms with van der Waals surface area (Å²) in [5.41, 5.74) is 2.02. The van der Waals surface area contributed by atoms with Crippen LogP contribution in [0.1, 0.15) is 21.9 Å². The van der Waals surface area contributed by atoms with Crippen LogP contribution in [0, 0.1) is 0 Å². The van der Waals surface area contributed by atoms with Crippen LogP contribution < -0.4 is 9.80 Å². The molecule has 0 saturated heterocycles. The Morgan fingerprint density at radius 2 is 2.00 bits per heavy atom. The maximum atomic E-state index is 12.5. The molecule has 3 heterocycles. The Labute approximate surface area is 135 Å². The quantitative estimate of drug-likeness (QED) is 0.890. The summed E-state index contributed by atoms with van der Waals surface area (Å²) in [4.78, 5) is 34.3. The van der Waals surface area contributed by atoms with E-state index >= 15 is 0 Å². The van der Waals surface area contributed by atoms with Gasteiger partial charge < -0.3 is 19.7 Å². The second-order valence-electron chi connectivity index (χ2n) is 5.98. The first-order chi connectivity index (χ1) is 11.0. The Hall–Kier alpha value is -2.64. The van der Waals surface area contributed by atoms with Gasteiger partial charge in [-0.15, -0.1) is 0 Å². The highest BCUT2D eigenvalue weighted by atomic mass is 16.2. The van der Waals surface area contributed by atoms with Gasteiger partial charge in [0.25, 0.3) is 5.91 Å². The van der Waals surface area contributed by atoms with Gasteiger partial charge in [-0.25, -0.2) is 9.97 Å². The SMILES string of the molecule is CN(C)c1nc2c(c(N(C)C)n1)CCN(C(=O)c1ncc[nH]1)C2. The lowest BCUT2D eigenvalue weighted by Crippen LogP contribution is -2.38. The number of aromatic amines is 1. The van der Waals surface area contributed by atoms with E-state index < -0.39 is 0 Å². The molecule has 0 aliphatic carbocycles. The van der Waals surface area contributed by atoms with E-state index in [0.717, 1.165) is 23.5 Å². The van der Waals surface area contributed by atoms with Crippen molar-refractivity contribution in [1.29, 1.82) is 0 Å². The monoisotopic (exact) mass is 315 g/mol. The Bertz CT molecular complexity index is 709. The fraction of sp³-hybridized carbons (Fsp3) is 0.467. The first-order valence-electron chi connectivity index (χ1n) is 7.50. The second kappa shape index (κ2) is 5.86. The van der Waals surface area contributed by atoms with E-state index in [-0.39, 0.29) is 5.91 Å². The number of H-pyrrole nitrogens is 1. The van der Waals surface area contributed by atoms with Crippen LogP contribution in [0.2, 0.25) is 0 Å². The van der Waals surface area contributed by atoms with E-state index in [2.05, 4.69) is 19.9 Å². The number of hydrogen-bond donors (Lipinski definition) is 1. The van der Waals surface area contributed by atoms with Crippen molar-refractivity contribution in [3.8, 4) is 0 Å². The lowest BCUT2D eigenvalue weighted by Gasteiger charge is -2.30. The summed E-state index contributed by atoms with van der Waals surface area (Å²) in [7, 11) is 7.77. The number of nitrogens with one attached hydrogen (secondary N) is 1. The molecule has 122 valence electrons. The number of rotatable bonds is 3. The number of carbonyl (C=O) groups is 1. The minimum absolute atomic E-state index is 0.0999.